The molecule has 0 saturated carbocycles. The van der Waals surface area contributed by atoms with Crippen LogP contribution in [0.25, 0.3) is 5.69 Å². The summed E-state index contributed by atoms with van der Waals surface area (Å²) in [6, 6.07) is 11.4. The molecular weight excluding hydrogens is 256 g/mol. The van der Waals surface area contributed by atoms with Crippen LogP contribution >= 0.6 is 0 Å². The number of fused-ring (bicyclic) bond motifs is 1. The van der Waals surface area contributed by atoms with E-state index in [1.165, 1.54) is 30.0 Å². The summed E-state index contributed by atoms with van der Waals surface area (Å²) in [5.74, 6) is 2.11. The molecule has 0 amide bonds. The van der Waals surface area contributed by atoms with Crippen LogP contribution in [0.3, 0.4) is 0 Å². The van der Waals surface area contributed by atoms with Crippen LogP contribution in [0.5, 0.6) is 0 Å². The normalized spacial score (nSPS) is 18.3. The van der Waals surface area contributed by atoms with Crippen molar-refractivity contribution in [1.82, 2.24) is 4.57 Å². The van der Waals surface area contributed by atoms with Gasteiger partial charge in [-0.25, -0.2) is 4.57 Å². The zero-order valence-corrected chi connectivity index (χ0v) is 13.9. The molecule has 2 heteroatoms. The standard InChI is InChI=1S/C19H27N2/c1-14(2)17-12-11-16-13-20(15-9-7-6-8-10-15)18(21(16)17)19(3,4)5/h6-10,13-14,17H,11-12H2,1-5H3/q+1/t17-/m1/s1. The Morgan fingerprint density at radius 2 is 1.81 bits per heavy atom. The molecule has 2 nitrogen and oxygen atoms in total. The predicted molar refractivity (Wildman–Crippen MR) is 86.9 cm³/mol. The van der Waals surface area contributed by atoms with Crippen LogP contribution in [0.4, 0.5) is 0 Å². The lowest BCUT2D eigenvalue weighted by molar-refractivity contribution is -0.608. The largest absolute Gasteiger partial charge is 0.267 e. The zero-order chi connectivity index (χ0) is 15.2. The summed E-state index contributed by atoms with van der Waals surface area (Å²) >= 11 is 0. The second-order valence-corrected chi connectivity index (χ2v) is 7.62. The van der Waals surface area contributed by atoms with E-state index in [9.17, 15) is 0 Å². The van der Waals surface area contributed by atoms with Gasteiger partial charge in [0.05, 0.1) is 5.41 Å². The van der Waals surface area contributed by atoms with Gasteiger partial charge < -0.3 is 0 Å². The third-order valence-electron chi connectivity index (χ3n) is 4.55. The van der Waals surface area contributed by atoms with Crippen LogP contribution < -0.4 is 4.57 Å². The van der Waals surface area contributed by atoms with E-state index >= 15 is 0 Å². The summed E-state index contributed by atoms with van der Waals surface area (Å²) in [6.45, 7) is 11.7. The molecule has 0 aliphatic carbocycles. The molecule has 1 aliphatic rings. The average Bonchev–Trinajstić information content (AvgIpc) is 2.96. The Bertz CT molecular complexity index is 630. The predicted octanol–water partition coefficient (Wildman–Crippen LogP) is 4.21. The highest BCUT2D eigenvalue weighted by Gasteiger charge is 2.41. The van der Waals surface area contributed by atoms with Crippen LogP contribution in [0, 0.1) is 5.92 Å². The van der Waals surface area contributed by atoms with Gasteiger partial charge in [-0.15, -0.1) is 0 Å². The topological polar surface area (TPSA) is 8.81 Å². The van der Waals surface area contributed by atoms with Crippen LogP contribution in [0.2, 0.25) is 0 Å². The number of nitrogens with zero attached hydrogens (tertiary/aromatic N) is 2. The van der Waals surface area contributed by atoms with Gasteiger partial charge in [-0.2, -0.15) is 4.57 Å². The second kappa shape index (κ2) is 5.01. The number of imidazole rings is 1. The van der Waals surface area contributed by atoms with Crippen LogP contribution in [0.1, 0.15) is 58.6 Å². The van der Waals surface area contributed by atoms with E-state index < -0.39 is 0 Å². The quantitative estimate of drug-likeness (QED) is 0.730. The van der Waals surface area contributed by atoms with E-state index in [0.717, 1.165) is 0 Å². The molecular formula is C19H27N2+. The Balaban J connectivity index is 2.22. The number of hydrogen-bond donors (Lipinski definition) is 0. The molecule has 0 saturated heterocycles. The van der Waals surface area contributed by atoms with Gasteiger partial charge in [0.25, 0.3) is 5.82 Å². The van der Waals surface area contributed by atoms with Gasteiger partial charge in [-0.1, -0.05) is 32.0 Å². The first-order chi connectivity index (χ1) is 9.89. The van der Waals surface area contributed by atoms with E-state index in [0.29, 0.717) is 12.0 Å². The maximum Gasteiger partial charge on any atom is 0.267 e. The minimum Gasteiger partial charge on any atom is -0.228 e. The molecule has 0 fully saturated rings. The molecule has 1 aromatic carbocycles. The maximum atomic E-state index is 2.62. The molecule has 0 radical (unpaired) electrons. The fourth-order valence-electron chi connectivity index (χ4n) is 3.64. The van der Waals surface area contributed by atoms with E-state index in [1.807, 2.05) is 0 Å². The summed E-state index contributed by atoms with van der Waals surface area (Å²) in [4.78, 5) is 0. The lowest BCUT2D eigenvalue weighted by Gasteiger charge is -2.21. The Kier molecular flexibility index (Phi) is 3.43. The first-order valence-electron chi connectivity index (χ1n) is 8.11. The van der Waals surface area contributed by atoms with Crippen LogP contribution in [-0.2, 0) is 11.8 Å². The summed E-state index contributed by atoms with van der Waals surface area (Å²) in [7, 11) is 0. The Morgan fingerprint density at radius 3 is 2.38 bits per heavy atom. The van der Waals surface area contributed by atoms with Crippen molar-refractivity contribution in [3.63, 3.8) is 0 Å². The van der Waals surface area contributed by atoms with Gasteiger partial charge in [0.1, 0.15) is 23.6 Å². The van der Waals surface area contributed by atoms with E-state index in [-0.39, 0.29) is 5.41 Å². The monoisotopic (exact) mass is 283 g/mol. The molecule has 0 N–H and O–H groups in total. The Labute approximate surface area is 128 Å². The summed E-state index contributed by atoms with van der Waals surface area (Å²) in [5, 5.41) is 0. The van der Waals surface area contributed by atoms with Crippen molar-refractivity contribution >= 4 is 0 Å². The first kappa shape index (κ1) is 14.4. The Morgan fingerprint density at radius 1 is 1.14 bits per heavy atom. The lowest BCUT2D eigenvalue weighted by atomic mass is 9.93. The minimum absolute atomic E-state index is 0.131. The molecule has 0 bridgehead atoms. The van der Waals surface area contributed by atoms with Gasteiger partial charge in [-0.05, 0) is 45.2 Å². The smallest absolute Gasteiger partial charge is 0.228 e. The minimum atomic E-state index is 0.131. The average molecular weight is 283 g/mol. The Hall–Kier alpha value is -1.57. The number of benzene rings is 1. The van der Waals surface area contributed by atoms with Crippen molar-refractivity contribution in [2.24, 2.45) is 5.92 Å². The molecule has 3 rings (SSSR count). The molecule has 2 aromatic rings. The number of aryl methyl sites for hydroxylation is 1. The molecule has 1 atom stereocenters. The first-order valence-corrected chi connectivity index (χ1v) is 8.11. The van der Waals surface area contributed by atoms with E-state index in [4.69, 9.17) is 0 Å². The number of rotatable bonds is 2. The van der Waals surface area contributed by atoms with Gasteiger partial charge in [0.15, 0.2) is 0 Å². The van der Waals surface area contributed by atoms with Crippen molar-refractivity contribution in [3.8, 4) is 5.69 Å². The van der Waals surface area contributed by atoms with E-state index in [1.54, 1.807) is 0 Å². The molecule has 21 heavy (non-hydrogen) atoms. The van der Waals surface area contributed by atoms with Crippen molar-refractivity contribution in [2.75, 3.05) is 0 Å². The zero-order valence-electron chi connectivity index (χ0n) is 13.9. The lowest BCUT2D eigenvalue weighted by Crippen LogP contribution is -2.41. The highest BCUT2D eigenvalue weighted by Crippen LogP contribution is 2.36. The summed E-state index contributed by atoms with van der Waals surface area (Å²) in [5.41, 5.74) is 2.89. The second-order valence-electron chi connectivity index (χ2n) is 7.62. The van der Waals surface area contributed by atoms with Gasteiger partial charge in [0, 0.05) is 6.42 Å². The fraction of sp³-hybridized carbons (Fsp3) is 0.526. The van der Waals surface area contributed by atoms with E-state index in [2.05, 4.69) is 80.3 Å². The van der Waals surface area contributed by atoms with Gasteiger partial charge >= 0.3 is 0 Å². The third-order valence-corrected chi connectivity index (χ3v) is 4.55. The van der Waals surface area contributed by atoms with Crippen LogP contribution in [0.15, 0.2) is 36.5 Å². The fourth-order valence-corrected chi connectivity index (χ4v) is 3.64. The number of hydrogen-bond acceptors (Lipinski definition) is 0. The van der Waals surface area contributed by atoms with Crippen molar-refractivity contribution in [1.29, 1.82) is 0 Å². The molecule has 2 heterocycles. The van der Waals surface area contributed by atoms with Crippen molar-refractivity contribution in [2.45, 2.75) is 58.9 Å². The molecule has 0 unspecified atom stereocenters. The third kappa shape index (κ3) is 2.41. The number of para-hydroxylation sites is 1. The SMILES string of the molecule is CC(C)[C@H]1CCc2c[n+](-c3ccccc3)c(C(C)(C)C)n21. The highest BCUT2D eigenvalue weighted by atomic mass is 15.2. The van der Waals surface area contributed by atoms with Crippen molar-refractivity contribution < 1.29 is 4.57 Å². The molecule has 1 aromatic heterocycles. The highest BCUT2D eigenvalue weighted by molar-refractivity contribution is 5.24. The summed E-state index contributed by atoms with van der Waals surface area (Å²) < 4.78 is 5.03. The molecule has 1 aliphatic heterocycles. The summed E-state index contributed by atoms with van der Waals surface area (Å²) in [6.07, 6.45) is 4.84. The van der Waals surface area contributed by atoms with Gasteiger partial charge in [-0.3, -0.25) is 0 Å². The molecule has 112 valence electrons. The molecule has 0 spiro atoms. The van der Waals surface area contributed by atoms with Crippen molar-refractivity contribution in [3.05, 3.63) is 48.0 Å². The number of aromatic nitrogens is 2. The maximum absolute atomic E-state index is 2.62. The van der Waals surface area contributed by atoms with Gasteiger partial charge in [0.2, 0.25) is 0 Å². The van der Waals surface area contributed by atoms with Crippen LogP contribution in [-0.4, -0.2) is 4.57 Å².